The monoisotopic (exact) mass is 302 g/mol. The van der Waals surface area contributed by atoms with E-state index in [4.69, 9.17) is 11.6 Å². The molecule has 2 unspecified atom stereocenters. The van der Waals surface area contributed by atoms with Crippen LogP contribution in [0.2, 0.25) is 5.02 Å². The van der Waals surface area contributed by atoms with E-state index in [1.165, 1.54) is 0 Å². The summed E-state index contributed by atoms with van der Waals surface area (Å²) in [5.74, 6) is 0. The van der Waals surface area contributed by atoms with Gasteiger partial charge in [0, 0.05) is 30.2 Å². The molecule has 0 aliphatic carbocycles. The van der Waals surface area contributed by atoms with Crippen LogP contribution in [0.15, 0.2) is 23.1 Å². The third kappa shape index (κ3) is 3.11. The summed E-state index contributed by atoms with van der Waals surface area (Å²) in [5, 5.41) is 3.88. The minimum absolute atomic E-state index is 0.158. The Balaban J connectivity index is 2.36. The number of rotatable bonds is 2. The highest BCUT2D eigenvalue weighted by atomic mass is 35.5. The first-order valence-corrected chi connectivity index (χ1v) is 8.15. The molecule has 2 atom stereocenters. The Hall–Kier alpha value is -0.620. The van der Waals surface area contributed by atoms with Crippen molar-refractivity contribution in [2.24, 2.45) is 0 Å². The van der Waals surface area contributed by atoms with Gasteiger partial charge in [-0.25, -0.2) is 8.42 Å². The van der Waals surface area contributed by atoms with Crippen molar-refractivity contribution in [2.75, 3.05) is 13.1 Å². The maximum absolute atomic E-state index is 12.7. The summed E-state index contributed by atoms with van der Waals surface area (Å²) in [7, 11) is -3.44. The second-order valence-electron chi connectivity index (χ2n) is 5.20. The fourth-order valence-corrected chi connectivity index (χ4v) is 4.56. The molecule has 19 heavy (non-hydrogen) atoms. The van der Waals surface area contributed by atoms with E-state index >= 15 is 0 Å². The number of hydrogen-bond acceptors (Lipinski definition) is 3. The van der Waals surface area contributed by atoms with E-state index in [0.717, 1.165) is 0 Å². The van der Waals surface area contributed by atoms with Gasteiger partial charge in [-0.1, -0.05) is 11.6 Å². The smallest absolute Gasteiger partial charge is 0.243 e. The average molecular weight is 303 g/mol. The van der Waals surface area contributed by atoms with E-state index in [1.54, 1.807) is 29.4 Å². The van der Waals surface area contributed by atoms with Crippen LogP contribution in [0.1, 0.15) is 19.4 Å². The van der Waals surface area contributed by atoms with Gasteiger partial charge < -0.3 is 5.32 Å². The quantitative estimate of drug-likeness (QED) is 0.909. The summed E-state index contributed by atoms with van der Waals surface area (Å²) in [6.07, 6.45) is 0. The lowest BCUT2D eigenvalue weighted by atomic mass is 10.2. The summed E-state index contributed by atoms with van der Waals surface area (Å²) in [6.45, 7) is 6.75. The van der Waals surface area contributed by atoms with Crippen molar-refractivity contribution in [2.45, 2.75) is 37.8 Å². The number of sulfonamides is 1. The zero-order chi connectivity index (χ0) is 14.2. The van der Waals surface area contributed by atoms with Crippen LogP contribution in [0, 0.1) is 6.92 Å². The Labute approximate surface area is 119 Å². The van der Waals surface area contributed by atoms with Gasteiger partial charge in [0.2, 0.25) is 10.0 Å². The molecule has 2 rings (SSSR count). The minimum Gasteiger partial charge on any atom is -0.309 e. The highest BCUT2D eigenvalue weighted by Crippen LogP contribution is 2.24. The van der Waals surface area contributed by atoms with Gasteiger partial charge in [-0.3, -0.25) is 0 Å². The Morgan fingerprint density at radius 2 is 1.84 bits per heavy atom. The van der Waals surface area contributed by atoms with Crippen molar-refractivity contribution < 1.29 is 8.42 Å². The summed E-state index contributed by atoms with van der Waals surface area (Å²) in [5.41, 5.74) is 0.686. The molecule has 0 bridgehead atoms. The van der Waals surface area contributed by atoms with Crippen molar-refractivity contribution >= 4 is 21.6 Å². The van der Waals surface area contributed by atoms with Crippen LogP contribution in [0.5, 0.6) is 0 Å². The van der Waals surface area contributed by atoms with Crippen molar-refractivity contribution in [3.05, 3.63) is 28.8 Å². The first-order valence-electron chi connectivity index (χ1n) is 6.33. The molecule has 0 saturated carbocycles. The van der Waals surface area contributed by atoms with E-state index in [-0.39, 0.29) is 12.1 Å². The lowest BCUT2D eigenvalue weighted by Crippen LogP contribution is -2.55. The number of halogens is 1. The van der Waals surface area contributed by atoms with E-state index in [1.807, 2.05) is 13.8 Å². The zero-order valence-electron chi connectivity index (χ0n) is 11.4. The summed E-state index contributed by atoms with van der Waals surface area (Å²) < 4.78 is 26.9. The zero-order valence-corrected chi connectivity index (χ0v) is 12.9. The van der Waals surface area contributed by atoms with E-state index in [9.17, 15) is 8.42 Å². The molecule has 0 aromatic heterocycles. The molecular formula is C13H19ClN2O2S. The molecular weight excluding hydrogens is 284 g/mol. The third-order valence-corrected chi connectivity index (χ3v) is 5.51. The van der Waals surface area contributed by atoms with Crippen LogP contribution >= 0.6 is 11.6 Å². The maximum atomic E-state index is 12.7. The predicted octanol–water partition coefficient (Wildman–Crippen LogP) is 2.02. The lowest BCUT2D eigenvalue weighted by Gasteiger charge is -2.35. The topological polar surface area (TPSA) is 49.4 Å². The van der Waals surface area contributed by atoms with Crippen molar-refractivity contribution in [3.8, 4) is 0 Å². The molecule has 1 aromatic rings. The van der Waals surface area contributed by atoms with Gasteiger partial charge in [0.1, 0.15) is 0 Å². The van der Waals surface area contributed by atoms with Gasteiger partial charge in [0.05, 0.1) is 4.90 Å². The number of benzene rings is 1. The molecule has 0 spiro atoms. The Bertz CT molecular complexity index is 564. The Morgan fingerprint density at radius 3 is 2.37 bits per heavy atom. The van der Waals surface area contributed by atoms with Crippen molar-refractivity contribution in [1.29, 1.82) is 0 Å². The van der Waals surface area contributed by atoms with Crippen LogP contribution in [0.4, 0.5) is 0 Å². The molecule has 1 aliphatic rings. The minimum atomic E-state index is -3.44. The molecule has 1 N–H and O–H groups in total. The summed E-state index contributed by atoms with van der Waals surface area (Å²) in [6, 6.07) is 5.21. The normalized spacial score (nSPS) is 25.5. The van der Waals surface area contributed by atoms with Crippen LogP contribution in [-0.2, 0) is 10.0 Å². The van der Waals surface area contributed by atoms with Crippen molar-refractivity contribution in [1.82, 2.24) is 9.62 Å². The molecule has 106 valence electrons. The van der Waals surface area contributed by atoms with Gasteiger partial charge in [0.25, 0.3) is 0 Å². The predicted molar refractivity (Wildman–Crippen MR) is 77.0 cm³/mol. The van der Waals surface area contributed by atoms with Gasteiger partial charge in [-0.05, 0) is 44.5 Å². The second kappa shape index (κ2) is 5.40. The number of hydrogen-bond donors (Lipinski definition) is 1. The van der Waals surface area contributed by atoms with Gasteiger partial charge >= 0.3 is 0 Å². The van der Waals surface area contributed by atoms with Gasteiger partial charge in [0.15, 0.2) is 0 Å². The molecule has 0 amide bonds. The van der Waals surface area contributed by atoms with E-state index in [2.05, 4.69) is 5.32 Å². The van der Waals surface area contributed by atoms with E-state index < -0.39 is 10.0 Å². The number of nitrogens with zero attached hydrogens (tertiary/aromatic N) is 1. The molecule has 1 aromatic carbocycles. The summed E-state index contributed by atoms with van der Waals surface area (Å²) in [4.78, 5) is 0.346. The maximum Gasteiger partial charge on any atom is 0.243 e. The Kier molecular flexibility index (Phi) is 4.20. The fraction of sp³-hybridized carbons (Fsp3) is 0.538. The number of piperazine rings is 1. The second-order valence-corrected chi connectivity index (χ2v) is 7.54. The molecule has 1 aliphatic heterocycles. The molecule has 4 nitrogen and oxygen atoms in total. The molecule has 0 radical (unpaired) electrons. The lowest BCUT2D eigenvalue weighted by molar-refractivity contribution is 0.263. The van der Waals surface area contributed by atoms with Crippen LogP contribution in [0.25, 0.3) is 0 Å². The molecule has 1 saturated heterocycles. The van der Waals surface area contributed by atoms with Gasteiger partial charge in [-0.2, -0.15) is 4.31 Å². The van der Waals surface area contributed by atoms with Gasteiger partial charge in [-0.15, -0.1) is 0 Å². The molecule has 1 fully saturated rings. The molecule has 1 heterocycles. The first-order chi connectivity index (χ1) is 8.80. The van der Waals surface area contributed by atoms with Crippen LogP contribution in [-0.4, -0.2) is 37.9 Å². The highest BCUT2D eigenvalue weighted by molar-refractivity contribution is 7.89. The largest absolute Gasteiger partial charge is 0.309 e. The number of nitrogens with one attached hydrogen (secondary N) is 1. The fourth-order valence-electron chi connectivity index (χ4n) is 2.51. The SMILES string of the molecule is Cc1cc(Cl)ccc1S(=O)(=O)N1CC(C)NC(C)C1. The van der Waals surface area contributed by atoms with Crippen LogP contribution < -0.4 is 5.32 Å². The average Bonchev–Trinajstić information content (AvgIpc) is 2.26. The van der Waals surface area contributed by atoms with E-state index in [0.29, 0.717) is 28.6 Å². The summed E-state index contributed by atoms with van der Waals surface area (Å²) >= 11 is 5.88. The highest BCUT2D eigenvalue weighted by Gasteiger charge is 2.32. The standard InChI is InChI=1S/C13H19ClN2O2S/c1-9-6-12(14)4-5-13(9)19(17,18)16-7-10(2)15-11(3)8-16/h4-6,10-11,15H,7-8H2,1-3H3. The molecule has 6 heteroatoms. The van der Waals surface area contributed by atoms with Crippen molar-refractivity contribution in [3.63, 3.8) is 0 Å². The first kappa shape index (κ1) is 14.8. The van der Waals surface area contributed by atoms with Crippen LogP contribution in [0.3, 0.4) is 0 Å². The number of aryl methyl sites for hydroxylation is 1. The third-order valence-electron chi connectivity index (χ3n) is 3.28. The Morgan fingerprint density at radius 1 is 1.26 bits per heavy atom.